The van der Waals surface area contributed by atoms with Crippen molar-refractivity contribution < 1.29 is 22.7 Å². The number of aromatic nitrogens is 2. The molecule has 0 radical (unpaired) electrons. The molecule has 1 aromatic heterocycles. The molecule has 4 rings (SSSR count). The predicted octanol–water partition coefficient (Wildman–Crippen LogP) is 3.39. The van der Waals surface area contributed by atoms with Crippen molar-refractivity contribution in [3.8, 4) is 5.69 Å². The van der Waals surface area contributed by atoms with Crippen LogP contribution >= 0.6 is 0 Å². The fraction of sp³-hybridized carbons (Fsp3) is 0.286. The number of carbonyl (C=O) groups is 1. The van der Waals surface area contributed by atoms with Gasteiger partial charge in [0.05, 0.1) is 23.3 Å². The summed E-state index contributed by atoms with van der Waals surface area (Å²) in [7, 11) is 0. The average molecular weight is 432 g/mol. The van der Waals surface area contributed by atoms with Gasteiger partial charge in [-0.25, -0.2) is 9.59 Å². The molecule has 1 amide bonds. The van der Waals surface area contributed by atoms with E-state index in [1.165, 1.54) is 10.6 Å². The van der Waals surface area contributed by atoms with Crippen molar-refractivity contribution in [2.75, 3.05) is 18.0 Å². The monoisotopic (exact) mass is 432 g/mol. The quantitative estimate of drug-likeness (QED) is 0.685. The van der Waals surface area contributed by atoms with E-state index in [0.29, 0.717) is 29.6 Å². The van der Waals surface area contributed by atoms with Gasteiger partial charge in [-0.1, -0.05) is 18.2 Å². The number of nitrogens with zero attached hydrogens (tertiary/aromatic N) is 3. The van der Waals surface area contributed by atoms with Crippen LogP contribution in [-0.4, -0.2) is 34.8 Å². The minimum atomic E-state index is -4.57. The molecule has 2 heterocycles. The molecule has 1 atom stereocenters. The molecule has 1 saturated heterocycles. The molecule has 2 N–H and O–H groups in total. The zero-order chi connectivity index (χ0) is 22.3. The summed E-state index contributed by atoms with van der Waals surface area (Å²) in [6.07, 6.45) is -5.50. The van der Waals surface area contributed by atoms with Crippen LogP contribution in [0.5, 0.6) is 0 Å². The number of ether oxygens (including phenoxy) is 1. The van der Waals surface area contributed by atoms with Crippen LogP contribution in [0.15, 0.2) is 47.3 Å². The van der Waals surface area contributed by atoms with E-state index in [2.05, 4.69) is 4.98 Å². The number of primary amides is 1. The number of amides is 1. The molecule has 1 aliphatic heterocycles. The highest BCUT2D eigenvalue weighted by Crippen LogP contribution is 2.35. The Morgan fingerprint density at radius 3 is 2.65 bits per heavy atom. The lowest BCUT2D eigenvalue weighted by Gasteiger charge is -2.22. The Morgan fingerprint density at radius 2 is 1.97 bits per heavy atom. The molecule has 1 fully saturated rings. The zero-order valence-electron chi connectivity index (χ0n) is 16.5. The molecule has 7 nitrogen and oxygen atoms in total. The molecule has 31 heavy (non-hydrogen) atoms. The van der Waals surface area contributed by atoms with Crippen LogP contribution in [0.3, 0.4) is 0 Å². The average Bonchev–Trinajstić information content (AvgIpc) is 3.15. The number of anilines is 1. The highest BCUT2D eigenvalue weighted by Gasteiger charge is 2.33. The van der Waals surface area contributed by atoms with Crippen molar-refractivity contribution in [1.29, 1.82) is 0 Å². The Morgan fingerprint density at radius 1 is 1.23 bits per heavy atom. The van der Waals surface area contributed by atoms with Gasteiger partial charge in [-0.2, -0.15) is 18.2 Å². The number of fused-ring (bicyclic) bond motifs is 1. The Hall–Kier alpha value is -3.56. The molecule has 0 aliphatic carbocycles. The van der Waals surface area contributed by atoms with Gasteiger partial charge in [-0.3, -0.25) is 4.57 Å². The highest BCUT2D eigenvalue weighted by molar-refractivity contribution is 5.91. The molecule has 162 valence electrons. The van der Waals surface area contributed by atoms with Gasteiger partial charge < -0.3 is 15.4 Å². The maximum Gasteiger partial charge on any atom is 0.416 e. The van der Waals surface area contributed by atoms with E-state index >= 15 is 0 Å². The standard InChI is InChI=1S/C21H19F3N4O3/c1-12-4-2-3-5-16(12)28-17-10-13(21(22,23)24)6-7-15(17)18(26-20(28)30)27-9-8-14(11-27)31-19(25)29/h2-7,10,14H,8-9,11H2,1H3,(H2,25,29). The van der Waals surface area contributed by atoms with Gasteiger partial charge in [0.2, 0.25) is 0 Å². The molecule has 0 bridgehead atoms. The lowest BCUT2D eigenvalue weighted by molar-refractivity contribution is -0.137. The first-order chi connectivity index (χ1) is 14.6. The van der Waals surface area contributed by atoms with E-state index in [0.717, 1.165) is 12.1 Å². The van der Waals surface area contributed by atoms with Gasteiger partial charge in [0, 0.05) is 18.4 Å². The lowest BCUT2D eigenvalue weighted by Crippen LogP contribution is -2.31. The van der Waals surface area contributed by atoms with E-state index in [4.69, 9.17) is 10.5 Å². The molecular formula is C21H19F3N4O3. The van der Waals surface area contributed by atoms with Crippen LogP contribution in [0.2, 0.25) is 0 Å². The van der Waals surface area contributed by atoms with Crippen LogP contribution < -0.4 is 16.3 Å². The van der Waals surface area contributed by atoms with Crippen molar-refractivity contribution in [3.05, 3.63) is 64.1 Å². The summed E-state index contributed by atoms with van der Waals surface area (Å²) >= 11 is 0. The van der Waals surface area contributed by atoms with Gasteiger partial charge >= 0.3 is 18.0 Å². The smallest absolute Gasteiger partial charge is 0.416 e. The number of alkyl halides is 3. The molecule has 0 saturated carbocycles. The number of hydrogen-bond acceptors (Lipinski definition) is 5. The van der Waals surface area contributed by atoms with Crippen LogP contribution in [0, 0.1) is 6.92 Å². The summed E-state index contributed by atoms with van der Waals surface area (Å²) in [5.74, 6) is 0.245. The molecule has 2 aromatic carbocycles. The number of para-hydroxylation sites is 1. The maximum atomic E-state index is 13.4. The first kappa shape index (κ1) is 20.7. The lowest BCUT2D eigenvalue weighted by atomic mass is 10.1. The normalized spacial score (nSPS) is 16.6. The van der Waals surface area contributed by atoms with Crippen molar-refractivity contribution in [3.63, 3.8) is 0 Å². The van der Waals surface area contributed by atoms with Gasteiger partial charge in [0.15, 0.2) is 0 Å². The summed E-state index contributed by atoms with van der Waals surface area (Å²) in [4.78, 5) is 30.0. The Balaban J connectivity index is 1.93. The second kappa shape index (κ2) is 7.60. The van der Waals surface area contributed by atoms with E-state index < -0.39 is 29.6 Å². The van der Waals surface area contributed by atoms with Crippen LogP contribution in [-0.2, 0) is 10.9 Å². The molecule has 1 unspecified atom stereocenters. The van der Waals surface area contributed by atoms with Crippen molar-refractivity contribution in [2.24, 2.45) is 5.73 Å². The molecular weight excluding hydrogens is 413 g/mol. The Kier molecular flexibility index (Phi) is 5.08. The fourth-order valence-corrected chi connectivity index (χ4v) is 3.86. The Labute approximate surface area is 174 Å². The number of aryl methyl sites for hydroxylation is 1. The van der Waals surface area contributed by atoms with Gasteiger partial charge in [-0.15, -0.1) is 0 Å². The van der Waals surface area contributed by atoms with E-state index in [1.807, 2.05) is 0 Å². The van der Waals surface area contributed by atoms with Crippen LogP contribution in [0.4, 0.5) is 23.8 Å². The van der Waals surface area contributed by atoms with Gasteiger partial charge in [0.25, 0.3) is 0 Å². The summed E-state index contributed by atoms with van der Waals surface area (Å²) in [5.41, 5.74) is 4.77. The van der Waals surface area contributed by atoms with Gasteiger partial charge in [-0.05, 0) is 36.8 Å². The highest BCUT2D eigenvalue weighted by atomic mass is 19.4. The maximum absolute atomic E-state index is 13.4. The number of nitrogens with two attached hydrogens (primary N) is 1. The molecule has 3 aromatic rings. The Bertz CT molecular complexity index is 1220. The first-order valence-corrected chi connectivity index (χ1v) is 9.56. The largest absolute Gasteiger partial charge is 0.444 e. The zero-order valence-corrected chi connectivity index (χ0v) is 16.5. The molecule has 10 heteroatoms. The number of halogens is 3. The van der Waals surface area contributed by atoms with E-state index in [-0.39, 0.29) is 17.9 Å². The van der Waals surface area contributed by atoms with Crippen LogP contribution in [0.25, 0.3) is 16.6 Å². The number of rotatable bonds is 3. The summed E-state index contributed by atoms with van der Waals surface area (Å²) in [6.45, 7) is 2.41. The number of carbonyl (C=O) groups excluding carboxylic acids is 1. The van der Waals surface area contributed by atoms with Gasteiger partial charge in [0.1, 0.15) is 11.9 Å². The molecule has 0 spiro atoms. The second-order valence-corrected chi connectivity index (χ2v) is 7.36. The summed E-state index contributed by atoms with van der Waals surface area (Å²) in [5, 5.41) is 0.385. The van der Waals surface area contributed by atoms with Crippen molar-refractivity contribution in [1.82, 2.24) is 9.55 Å². The van der Waals surface area contributed by atoms with E-state index in [9.17, 15) is 22.8 Å². The number of benzene rings is 2. The fourth-order valence-electron chi connectivity index (χ4n) is 3.86. The predicted molar refractivity (Wildman–Crippen MR) is 108 cm³/mol. The third-order valence-corrected chi connectivity index (χ3v) is 5.28. The minimum absolute atomic E-state index is 0.0957. The van der Waals surface area contributed by atoms with Crippen LogP contribution in [0.1, 0.15) is 17.5 Å². The number of hydrogen-bond donors (Lipinski definition) is 1. The third kappa shape index (κ3) is 3.92. The summed E-state index contributed by atoms with van der Waals surface area (Å²) in [6, 6.07) is 10.1. The second-order valence-electron chi connectivity index (χ2n) is 7.36. The van der Waals surface area contributed by atoms with Crippen molar-refractivity contribution >= 4 is 22.8 Å². The minimum Gasteiger partial charge on any atom is -0.444 e. The summed E-state index contributed by atoms with van der Waals surface area (Å²) < 4.78 is 46.5. The topological polar surface area (TPSA) is 90.4 Å². The first-order valence-electron chi connectivity index (χ1n) is 9.56. The SMILES string of the molecule is Cc1ccccc1-n1c(=O)nc(N2CCC(OC(N)=O)C2)c2ccc(C(F)(F)F)cc21. The molecule has 1 aliphatic rings. The van der Waals surface area contributed by atoms with Crippen molar-refractivity contribution in [2.45, 2.75) is 25.6 Å². The van der Waals surface area contributed by atoms with E-state index in [1.54, 1.807) is 36.1 Å². The third-order valence-electron chi connectivity index (χ3n) is 5.28.